The smallest absolute Gasteiger partial charge is 0.191 e. The van der Waals surface area contributed by atoms with Gasteiger partial charge in [0.25, 0.3) is 0 Å². The van der Waals surface area contributed by atoms with Gasteiger partial charge in [-0.3, -0.25) is 9.89 Å². The molecule has 2 aliphatic rings. The molecular weight excluding hydrogens is 527 g/mol. The Kier molecular flexibility index (Phi) is 10.9. The minimum Gasteiger partial charge on any atom is -0.381 e. The molecule has 2 aromatic carbocycles. The van der Waals surface area contributed by atoms with Crippen molar-refractivity contribution in [2.75, 3.05) is 59.7 Å². The molecular formula is C26H37IN4O2. The van der Waals surface area contributed by atoms with Gasteiger partial charge in [0.15, 0.2) is 5.96 Å². The van der Waals surface area contributed by atoms with Gasteiger partial charge < -0.3 is 20.1 Å². The van der Waals surface area contributed by atoms with E-state index in [-0.39, 0.29) is 29.9 Å². The molecule has 0 spiro atoms. The third-order valence-corrected chi connectivity index (χ3v) is 6.60. The van der Waals surface area contributed by atoms with Gasteiger partial charge in [-0.15, -0.1) is 24.0 Å². The lowest BCUT2D eigenvalue weighted by Gasteiger charge is -2.37. The Balaban J connectivity index is 0.00000306. The van der Waals surface area contributed by atoms with Gasteiger partial charge in [0, 0.05) is 57.7 Å². The zero-order valence-electron chi connectivity index (χ0n) is 19.5. The van der Waals surface area contributed by atoms with Gasteiger partial charge in [-0.05, 0) is 17.5 Å². The fourth-order valence-corrected chi connectivity index (χ4v) is 4.78. The van der Waals surface area contributed by atoms with Crippen LogP contribution in [0, 0.1) is 5.92 Å². The number of hydrogen-bond donors (Lipinski definition) is 2. The minimum absolute atomic E-state index is 0. The Labute approximate surface area is 215 Å². The average Bonchev–Trinajstić information content (AvgIpc) is 3.40. The number of benzene rings is 2. The number of morpholine rings is 1. The maximum atomic E-state index is 5.71. The third kappa shape index (κ3) is 7.40. The standard InChI is InChI=1S/C26H36N4O2.HI/c1-27-26(29-19-25(23-12-15-32-20-23)30-13-16-31-17-14-30)28-18-24(21-8-4-2-5-9-21)22-10-6-3-7-11-22;/h2-11,23-25H,12-20H2,1H3,(H2,27,28,29);1H. The van der Waals surface area contributed by atoms with Crippen molar-refractivity contribution in [3.63, 3.8) is 0 Å². The summed E-state index contributed by atoms with van der Waals surface area (Å²) < 4.78 is 11.3. The zero-order valence-corrected chi connectivity index (χ0v) is 21.8. The molecule has 2 saturated heterocycles. The normalized spacial score (nSPS) is 20.3. The van der Waals surface area contributed by atoms with Gasteiger partial charge in [0.2, 0.25) is 0 Å². The molecule has 0 radical (unpaired) electrons. The van der Waals surface area contributed by atoms with Crippen molar-refractivity contribution in [1.82, 2.24) is 15.5 Å². The van der Waals surface area contributed by atoms with Crippen molar-refractivity contribution >= 4 is 29.9 Å². The molecule has 2 aliphatic heterocycles. The van der Waals surface area contributed by atoms with Crippen LogP contribution < -0.4 is 10.6 Å². The first-order valence-electron chi connectivity index (χ1n) is 11.8. The number of guanidine groups is 1. The fraction of sp³-hybridized carbons (Fsp3) is 0.500. The Hall–Kier alpha value is -1.68. The highest BCUT2D eigenvalue weighted by Crippen LogP contribution is 2.24. The van der Waals surface area contributed by atoms with Crippen LogP contribution in [-0.2, 0) is 9.47 Å². The summed E-state index contributed by atoms with van der Waals surface area (Å²) in [6.45, 7) is 6.95. The van der Waals surface area contributed by atoms with Crippen LogP contribution in [0.25, 0.3) is 0 Å². The first kappa shape index (κ1) is 25.9. The Morgan fingerprint density at radius 1 is 0.909 bits per heavy atom. The first-order chi connectivity index (χ1) is 15.8. The molecule has 2 fully saturated rings. The van der Waals surface area contributed by atoms with Crippen molar-refractivity contribution < 1.29 is 9.47 Å². The maximum Gasteiger partial charge on any atom is 0.191 e. The molecule has 2 aromatic rings. The molecule has 33 heavy (non-hydrogen) atoms. The molecule has 0 aliphatic carbocycles. The van der Waals surface area contributed by atoms with E-state index in [1.165, 1.54) is 11.1 Å². The molecule has 2 heterocycles. The van der Waals surface area contributed by atoms with Gasteiger partial charge in [0.1, 0.15) is 0 Å². The number of hydrogen-bond acceptors (Lipinski definition) is 4. The lowest BCUT2D eigenvalue weighted by Crippen LogP contribution is -2.53. The average molecular weight is 565 g/mol. The molecule has 2 unspecified atom stereocenters. The Bertz CT molecular complexity index is 785. The molecule has 180 valence electrons. The first-order valence-corrected chi connectivity index (χ1v) is 11.8. The molecule has 0 saturated carbocycles. The second-order valence-corrected chi connectivity index (χ2v) is 8.55. The van der Waals surface area contributed by atoms with Gasteiger partial charge in [0.05, 0.1) is 19.8 Å². The molecule has 2 N–H and O–H groups in total. The van der Waals surface area contributed by atoms with Crippen LogP contribution in [0.15, 0.2) is 65.7 Å². The van der Waals surface area contributed by atoms with Gasteiger partial charge in [-0.1, -0.05) is 60.7 Å². The van der Waals surface area contributed by atoms with E-state index in [0.29, 0.717) is 12.0 Å². The van der Waals surface area contributed by atoms with Crippen LogP contribution in [0.1, 0.15) is 23.5 Å². The molecule has 7 heteroatoms. The van der Waals surface area contributed by atoms with Crippen molar-refractivity contribution in [2.45, 2.75) is 18.4 Å². The summed E-state index contributed by atoms with van der Waals surface area (Å²) in [5.74, 6) is 1.66. The summed E-state index contributed by atoms with van der Waals surface area (Å²) >= 11 is 0. The van der Waals surface area contributed by atoms with E-state index in [2.05, 4.69) is 81.2 Å². The van der Waals surface area contributed by atoms with Crippen LogP contribution in [0.3, 0.4) is 0 Å². The predicted molar refractivity (Wildman–Crippen MR) is 145 cm³/mol. The monoisotopic (exact) mass is 564 g/mol. The SMILES string of the molecule is CN=C(NCC(c1ccccc1)c1ccccc1)NCC(C1CCOC1)N1CCOCC1.I. The van der Waals surface area contributed by atoms with Crippen molar-refractivity contribution in [1.29, 1.82) is 0 Å². The molecule has 0 aromatic heterocycles. The van der Waals surface area contributed by atoms with Crippen LogP contribution in [0.2, 0.25) is 0 Å². The summed E-state index contributed by atoms with van der Waals surface area (Å²) in [7, 11) is 1.85. The van der Waals surface area contributed by atoms with Gasteiger partial charge >= 0.3 is 0 Å². The summed E-state index contributed by atoms with van der Waals surface area (Å²) in [5.41, 5.74) is 2.60. The second kappa shape index (κ2) is 13.9. The van der Waals surface area contributed by atoms with Crippen molar-refractivity contribution in [3.05, 3.63) is 71.8 Å². The molecule has 0 amide bonds. The Morgan fingerprint density at radius 3 is 2.06 bits per heavy atom. The van der Waals surface area contributed by atoms with Crippen molar-refractivity contribution in [3.8, 4) is 0 Å². The summed E-state index contributed by atoms with van der Waals surface area (Å²) in [4.78, 5) is 7.07. The van der Waals surface area contributed by atoms with Crippen LogP contribution in [0.4, 0.5) is 0 Å². The topological polar surface area (TPSA) is 58.1 Å². The van der Waals surface area contributed by atoms with Crippen LogP contribution in [-0.4, -0.2) is 76.6 Å². The maximum absolute atomic E-state index is 5.71. The predicted octanol–water partition coefficient (Wildman–Crippen LogP) is 3.34. The summed E-state index contributed by atoms with van der Waals surface area (Å²) in [6.07, 6.45) is 1.12. The number of ether oxygens (including phenoxy) is 2. The van der Waals surface area contributed by atoms with Crippen molar-refractivity contribution in [2.24, 2.45) is 10.9 Å². The minimum atomic E-state index is 0. The Morgan fingerprint density at radius 2 is 1.52 bits per heavy atom. The lowest BCUT2D eigenvalue weighted by molar-refractivity contribution is 0.00246. The number of nitrogens with one attached hydrogen (secondary N) is 2. The van der Waals surface area contributed by atoms with Gasteiger partial charge in [-0.25, -0.2) is 0 Å². The number of rotatable bonds is 8. The highest BCUT2D eigenvalue weighted by atomic mass is 127. The quantitative estimate of drug-likeness (QED) is 0.293. The van der Waals surface area contributed by atoms with Gasteiger partial charge in [-0.2, -0.15) is 0 Å². The third-order valence-electron chi connectivity index (χ3n) is 6.60. The van der Waals surface area contributed by atoms with Crippen LogP contribution in [0.5, 0.6) is 0 Å². The number of nitrogens with zero attached hydrogens (tertiary/aromatic N) is 2. The zero-order chi connectivity index (χ0) is 22.0. The number of halogens is 1. The van der Waals surface area contributed by atoms with E-state index in [1.54, 1.807) is 0 Å². The molecule has 2 atom stereocenters. The van der Waals surface area contributed by atoms with E-state index in [0.717, 1.165) is 65.0 Å². The van der Waals surface area contributed by atoms with E-state index < -0.39 is 0 Å². The van der Waals surface area contributed by atoms with Crippen LogP contribution >= 0.6 is 24.0 Å². The molecule has 4 rings (SSSR count). The van der Waals surface area contributed by atoms with E-state index in [9.17, 15) is 0 Å². The van der Waals surface area contributed by atoms with E-state index >= 15 is 0 Å². The highest BCUT2D eigenvalue weighted by Gasteiger charge is 2.31. The number of aliphatic imine (C=N–C) groups is 1. The largest absolute Gasteiger partial charge is 0.381 e. The lowest BCUT2D eigenvalue weighted by atomic mass is 9.91. The summed E-state index contributed by atoms with van der Waals surface area (Å²) in [5, 5.41) is 7.18. The highest BCUT2D eigenvalue weighted by molar-refractivity contribution is 14.0. The van der Waals surface area contributed by atoms with E-state index in [1.807, 2.05) is 7.05 Å². The fourth-order valence-electron chi connectivity index (χ4n) is 4.78. The second-order valence-electron chi connectivity index (χ2n) is 8.55. The molecule has 6 nitrogen and oxygen atoms in total. The molecule has 0 bridgehead atoms. The van der Waals surface area contributed by atoms with E-state index in [4.69, 9.17) is 9.47 Å². The summed E-state index contributed by atoms with van der Waals surface area (Å²) in [6, 6.07) is 21.8.